The highest BCUT2D eigenvalue weighted by Crippen LogP contribution is 2.42. The van der Waals surface area contributed by atoms with Crippen LogP contribution in [0.15, 0.2) is 11.4 Å². The maximum absolute atomic E-state index is 10.6. The van der Waals surface area contributed by atoms with Gasteiger partial charge in [-0.15, -0.1) is 11.3 Å². The summed E-state index contributed by atoms with van der Waals surface area (Å²) in [6.45, 7) is 11.6. The third-order valence-electron chi connectivity index (χ3n) is 5.35. The molecule has 1 aliphatic rings. The Bertz CT molecular complexity index is 487. The van der Waals surface area contributed by atoms with Crippen molar-refractivity contribution in [3.05, 3.63) is 19.9 Å². The van der Waals surface area contributed by atoms with Crippen LogP contribution in [0.3, 0.4) is 0 Å². The second-order valence-corrected chi connectivity index (χ2v) is 14.9. The number of thiophene rings is 1. The Morgan fingerprint density at radius 2 is 1.86 bits per heavy atom. The van der Waals surface area contributed by atoms with Crippen LogP contribution in [-0.4, -0.2) is 19.5 Å². The van der Waals surface area contributed by atoms with Crippen LogP contribution in [0.4, 0.5) is 0 Å². The lowest BCUT2D eigenvalue weighted by Crippen LogP contribution is -2.44. The lowest BCUT2D eigenvalue weighted by Gasteiger charge is -2.41. The molecule has 0 aromatic carbocycles. The molecule has 0 radical (unpaired) electrons. The standard InChI is InChI=1S/C17H29IO2SSi/c1-17(2,3)22(4,5)20-13-8-6-12(7-9-13)15(19)16-14(18)10-11-21-16/h10-13,15,19H,6-9H2,1-5H3. The fraction of sp³-hybridized carbons (Fsp3) is 0.765. The maximum atomic E-state index is 10.6. The molecule has 1 aliphatic carbocycles. The molecule has 1 unspecified atom stereocenters. The van der Waals surface area contributed by atoms with E-state index < -0.39 is 8.32 Å². The molecule has 0 aliphatic heterocycles. The molecule has 1 fully saturated rings. The van der Waals surface area contributed by atoms with E-state index in [1.165, 1.54) is 3.57 Å². The third-order valence-corrected chi connectivity index (χ3v) is 12.2. The van der Waals surface area contributed by atoms with Crippen molar-refractivity contribution in [2.45, 2.75) is 76.8 Å². The summed E-state index contributed by atoms with van der Waals surface area (Å²) in [6.07, 6.45) is 4.45. The quantitative estimate of drug-likeness (QED) is 0.451. The van der Waals surface area contributed by atoms with Gasteiger partial charge in [0.25, 0.3) is 0 Å². The van der Waals surface area contributed by atoms with Crippen LogP contribution in [-0.2, 0) is 4.43 Å². The van der Waals surface area contributed by atoms with Gasteiger partial charge < -0.3 is 9.53 Å². The van der Waals surface area contributed by atoms with Crippen molar-refractivity contribution >= 4 is 42.2 Å². The summed E-state index contributed by atoms with van der Waals surface area (Å²) in [7, 11) is -1.67. The van der Waals surface area contributed by atoms with E-state index in [-0.39, 0.29) is 11.1 Å². The number of aliphatic hydroxyl groups is 1. The Balaban J connectivity index is 1.90. The van der Waals surface area contributed by atoms with Crippen LogP contribution in [0.1, 0.15) is 57.4 Å². The van der Waals surface area contributed by atoms with E-state index in [9.17, 15) is 5.11 Å². The van der Waals surface area contributed by atoms with Crippen LogP contribution >= 0.6 is 33.9 Å². The lowest BCUT2D eigenvalue weighted by atomic mass is 9.83. The highest BCUT2D eigenvalue weighted by molar-refractivity contribution is 14.1. The molecule has 0 amide bonds. The Hall–Kier alpha value is 0.567. The first-order valence-electron chi connectivity index (χ1n) is 8.20. The van der Waals surface area contributed by atoms with Crippen LogP contribution < -0.4 is 0 Å². The molecule has 2 nitrogen and oxygen atoms in total. The molecular formula is C17H29IO2SSi. The van der Waals surface area contributed by atoms with Gasteiger partial charge >= 0.3 is 0 Å². The zero-order chi connectivity index (χ0) is 16.5. The van der Waals surface area contributed by atoms with Gasteiger partial charge in [-0.3, -0.25) is 0 Å². The van der Waals surface area contributed by atoms with E-state index in [0.29, 0.717) is 12.0 Å². The second-order valence-electron chi connectivity index (χ2n) is 7.99. The van der Waals surface area contributed by atoms with Crippen molar-refractivity contribution in [1.82, 2.24) is 0 Å². The molecule has 0 saturated heterocycles. The van der Waals surface area contributed by atoms with E-state index >= 15 is 0 Å². The van der Waals surface area contributed by atoms with Crippen LogP contribution in [0, 0.1) is 9.49 Å². The maximum Gasteiger partial charge on any atom is 0.192 e. The third kappa shape index (κ3) is 4.35. The van der Waals surface area contributed by atoms with Gasteiger partial charge in [-0.1, -0.05) is 20.8 Å². The summed E-state index contributed by atoms with van der Waals surface area (Å²) in [6, 6.07) is 2.09. The number of rotatable bonds is 4. The monoisotopic (exact) mass is 452 g/mol. The zero-order valence-electron chi connectivity index (χ0n) is 14.4. The van der Waals surface area contributed by atoms with Gasteiger partial charge in [0.2, 0.25) is 0 Å². The highest BCUT2D eigenvalue weighted by Gasteiger charge is 2.40. The first kappa shape index (κ1) is 18.9. The van der Waals surface area contributed by atoms with E-state index in [2.05, 4.69) is 67.9 Å². The number of aliphatic hydroxyl groups excluding tert-OH is 1. The predicted molar refractivity (Wildman–Crippen MR) is 106 cm³/mol. The summed E-state index contributed by atoms with van der Waals surface area (Å²) in [5.74, 6) is 0.395. The molecule has 1 atom stereocenters. The predicted octanol–water partition coefficient (Wildman–Crippen LogP) is 5.97. The summed E-state index contributed by atoms with van der Waals surface area (Å²) in [5.41, 5.74) is 0. The minimum atomic E-state index is -1.67. The Kier molecular flexibility index (Phi) is 6.20. The molecule has 1 saturated carbocycles. The fourth-order valence-electron chi connectivity index (χ4n) is 2.85. The zero-order valence-corrected chi connectivity index (χ0v) is 18.3. The molecule has 2 rings (SSSR count). The normalized spacial score (nSPS) is 25.2. The second kappa shape index (κ2) is 7.21. The van der Waals surface area contributed by atoms with E-state index in [0.717, 1.165) is 30.6 Å². The summed E-state index contributed by atoms with van der Waals surface area (Å²) >= 11 is 4.01. The number of halogens is 1. The fourth-order valence-corrected chi connectivity index (χ4v) is 6.26. The van der Waals surface area contributed by atoms with E-state index in [1.54, 1.807) is 11.3 Å². The van der Waals surface area contributed by atoms with Crippen LogP contribution in [0.25, 0.3) is 0 Å². The molecule has 5 heteroatoms. The molecule has 22 heavy (non-hydrogen) atoms. The van der Waals surface area contributed by atoms with E-state index in [4.69, 9.17) is 4.43 Å². The van der Waals surface area contributed by atoms with Crippen LogP contribution in [0.5, 0.6) is 0 Å². The van der Waals surface area contributed by atoms with Gasteiger partial charge in [-0.2, -0.15) is 0 Å². The molecular weight excluding hydrogens is 423 g/mol. The van der Waals surface area contributed by atoms with Crippen molar-refractivity contribution in [2.75, 3.05) is 0 Å². The SMILES string of the molecule is CC(C)(C)[Si](C)(C)OC1CCC(C(O)c2sccc2I)CC1. The molecule has 126 valence electrons. The van der Waals surface area contributed by atoms with Gasteiger partial charge in [0.1, 0.15) is 0 Å². The Labute approximate surface area is 153 Å². The average Bonchev–Trinajstić information content (AvgIpc) is 2.83. The summed E-state index contributed by atoms with van der Waals surface area (Å²) < 4.78 is 7.75. The van der Waals surface area contributed by atoms with Gasteiger partial charge in [0, 0.05) is 14.6 Å². The summed E-state index contributed by atoms with van der Waals surface area (Å²) in [5, 5.41) is 13.0. The van der Waals surface area contributed by atoms with Gasteiger partial charge in [0.05, 0.1) is 6.10 Å². The molecule has 1 aromatic rings. The average molecular weight is 452 g/mol. The first-order valence-corrected chi connectivity index (χ1v) is 13.1. The smallest absolute Gasteiger partial charge is 0.192 e. The van der Waals surface area contributed by atoms with Crippen LogP contribution in [0.2, 0.25) is 18.1 Å². The van der Waals surface area contributed by atoms with Crippen molar-refractivity contribution in [2.24, 2.45) is 5.92 Å². The molecule has 1 heterocycles. The number of hydrogen-bond donors (Lipinski definition) is 1. The summed E-state index contributed by atoms with van der Waals surface area (Å²) in [4.78, 5) is 1.15. The van der Waals surface area contributed by atoms with E-state index in [1.807, 2.05) is 0 Å². The van der Waals surface area contributed by atoms with Crippen molar-refractivity contribution < 1.29 is 9.53 Å². The first-order chi connectivity index (χ1) is 10.1. The van der Waals surface area contributed by atoms with Gasteiger partial charge in [0.15, 0.2) is 8.32 Å². The highest BCUT2D eigenvalue weighted by atomic mass is 127. The minimum absolute atomic E-state index is 0.274. The van der Waals surface area contributed by atoms with Crippen molar-refractivity contribution in [3.63, 3.8) is 0 Å². The van der Waals surface area contributed by atoms with Crippen molar-refractivity contribution in [3.8, 4) is 0 Å². The van der Waals surface area contributed by atoms with Gasteiger partial charge in [-0.05, 0) is 83.8 Å². The Morgan fingerprint density at radius 1 is 1.27 bits per heavy atom. The Morgan fingerprint density at radius 3 is 2.32 bits per heavy atom. The molecule has 0 bridgehead atoms. The van der Waals surface area contributed by atoms with Crippen molar-refractivity contribution in [1.29, 1.82) is 0 Å². The largest absolute Gasteiger partial charge is 0.414 e. The minimum Gasteiger partial charge on any atom is -0.414 e. The molecule has 0 spiro atoms. The molecule has 1 aromatic heterocycles. The molecule has 1 N–H and O–H groups in total. The lowest BCUT2D eigenvalue weighted by molar-refractivity contribution is 0.0469. The number of hydrogen-bond acceptors (Lipinski definition) is 3. The topological polar surface area (TPSA) is 29.5 Å². The van der Waals surface area contributed by atoms with Gasteiger partial charge in [-0.25, -0.2) is 0 Å².